The lowest BCUT2D eigenvalue weighted by Gasteiger charge is -2.36. The van der Waals surface area contributed by atoms with Crippen LogP contribution >= 0.6 is 0 Å². The molecule has 0 atom stereocenters. The van der Waals surface area contributed by atoms with E-state index in [-0.39, 0.29) is 18.0 Å². The smallest absolute Gasteiger partial charge is 0.338 e. The van der Waals surface area contributed by atoms with Crippen LogP contribution in [0.15, 0.2) is 59.1 Å². The Bertz CT molecular complexity index is 1040. The van der Waals surface area contributed by atoms with Crippen molar-refractivity contribution in [1.82, 2.24) is 0 Å². The van der Waals surface area contributed by atoms with Crippen molar-refractivity contribution in [3.63, 3.8) is 0 Å². The van der Waals surface area contributed by atoms with Gasteiger partial charge in [-0.15, -0.1) is 0 Å². The molecule has 29 heavy (non-hydrogen) atoms. The van der Waals surface area contributed by atoms with Gasteiger partial charge >= 0.3 is 5.97 Å². The summed E-state index contributed by atoms with van der Waals surface area (Å²) in [6.45, 7) is 7.65. The Kier molecular flexibility index (Phi) is 4.82. The number of ether oxygens (including phenoxy) is 2. The van der Waals surface area contributed by atoms with E-state index < -0.39 is 5.97 Å². The number of nitrogens with zero attached hydrogens (tertiary/aromatic N) is 1. The molecule has 0 saturated carbocycles. The van der Waals surface area contributed by atoms with Gasteiger partial charge in [-0.2, -0.15) is 0 Å². The summed E-state index contributed by atoms with van der Waals surface area (Å²) in [4.78, 5) is 29.7. The molecular formula is C24H22NO4. The van der Waals surface area contributed by atoms with Gasteiger partial charge in [-0.3, -0.25) is 4.79 Å². The van der Waals surface area contributed by atoms with E-state index >= 15 is 0 Å². The van der Waals surface area contributed by atoms with Gasteiger partial charge in [-0.25, -0.2) is 9.79 Å². The molecule has 2 aliphatic rings. The van der Waals surface area contributed by atoms with E-state index in [4.69, 9.17) is 9.47 Å². The van der Waals surface area contributed by atoms with Crippen LogP contribution in [0.3, 0.4) is 0 Å². The zero-order valence-corrected chi connectivity index (χ0v) is 16.5. The fourth-order valence-electron chi connectivity index (χ4n) is 3.60. The fraction of sp³-hybridized carbons (Fsp3) is 0.250. The second kappa shape index (κ2) is 7.32. The average molecular weight is 388 g/mol. The third-order valence-electron chi connectivity index (χ3n) is 5.12. The van der Waals surface area contributed by atoms with Gasteiger partial charge in [-0.1, -0.05) is 24.3 Å². The molecule has 0 fully saturated rings. The van der Waals surface area contributed by atoms with Crippen molar-refractivity contribution in [3.8, 4) is 0 Å². The van der Waals surface area contributed by atoms with Crippen molar-refractivity contribution < 1.29 is 19.1 Å². The molecule has 1 heterocycles. The predicted molar refractivity (Wildman–Crippen MR) is 111 cm³/mol. The Morgan fingerprint density at radius 1 is 1.14 bits per heavy atom. The van der Waals surface area contributed by atoms with Gasteiger partial charge in [0.1, 0.15) is 17.1 Å². The van der Waals surface area contributed by atoms with Crippen LogP contribution in [-0.2, 0) is 14.3 Å². The van der Waals surface area contributed by atoms with Gasteiger partial charge in [0.15, 0.2) is 0 Å². The normalized spacial score (nSPS) is 18.7. The highest BCUT2D eigenvalue weighted by Crippen LogP contribution is 2.41. The van der Waals surface area contributed by atoms with Gasteiger partial charge < -0.3 is 9.47 Å². The van der Waals surface area contributed by atoms with Crippen LogP contribution in [0.2, 0.25) is 0 Å². The Morgan fingerprint density at radius 3 is 2.52 bits per heavy atom. The molecule has 0 bridgehead atoms. The monoisotopic (exact) mass is 388 g/mol. The molecule has 0 N–H and O–H groups in total. The highest BCUT2D eigenvalue weighted by atomic mass is 16.5. The molecule has 0 amide bonds. The summed E-state index contributed by atoms with van der Waals surface area (Å²) in [6.07, 6.45) is 1.43. The van der Waals surface area contributed by atoms with E-state index in [0.29, 0.717) is 34.7 Å². The number of fused-ring (bicyclic) bond motifs is 2. The summed E-state index contributed by atoms with van der Waals surface area (Å²) in [5, 5.41) is 0. The number of allylic oxidation sites excluding steroid dienone is 1. The highest BCUT2D eigenvalue weighted by Gasteiger charge is 2.38. The maximum absolute atomic E-state index is 13.2. The van der Waals surface area contributed by atoms with E-state index in [1.54, 1.807) is 24.3 Å². The Hall–Kier alpha value is -3.21. The number of ketones is 1. The maximum atomic E-state index is 13.2. The van der Waals surface area contributed by atoms with Crippen LogP contribution in [0.1, 0.15) is 48.2 Å². The number of Topliss-reactive ketones (excluding diaryl/α,β-unsaturated/α-hetero) is 1. The van der Waals surface area contributed by atoms with Crippen molar-refractivity contribution in [2.45, 2.75) is 32.3 Å². The van der Waals surface area contributed by atoms with Crippen LogP contribution in [0, 0.1) is 6.92 Å². The summed E-state index contributed by atoms with van der Waals surface area (Å²) in [5.41, 5.74) is 3.43. The molecule has 0 unspecified atom stereocenters. The van der Waals surface area contributed by atoms with E-state index in [9.17, 15) is 9.59 Å². The molecule has 2 aromatic carbocycles. The van der Waals surface area contributed by atoms with Crippen molar-refractivity contribution in [1.29, 1.82) is 0 Å². The molecule has 5 nitrogen and oxygen atoms in total. The van der Waals surface area contributed by atoms with E-state index in [1.165, 1.54) is 0 Å². The summed E-state index contributed by atoms with van der Waals surface area (Å²) < 4.78 is 11.1. The standard InChI is InChI=1S/C24H22NO4/c1-4-28-23(27)15-9-11-16(12-10-15)25-20-17-7-5-6-8-18(17)22-19(21(20)26)13-14-24(2,3)29-22/h5-12H,1,4,13-14H2,2-3H3. The van der Waals surface area contributed by atoms with Crippen LogP contribution in [0.4, 0.5) is 5.69 Å². The van der Waals surface area contributed by atoms with Crippen LogP contribution in [-0.4, -0.2) is 29.7 Å². The van der Waals surface area contributed by atoms with E-state index in [2.05, 4.69) is 11.9 Å². The van der Waals surface area contributed by atoms with Crippen molar-refractivity contribution in [3.05, 3.63) is 77.7 Å². The topological polar surface area (TPSA) is 65.0 Å². The first-order valence-electron chi connectivity index (χ1n) is 9.61. The second-order valence-corrected chi connectivity index (χ2v) is 7.69. The molecule has 4 rings (SSSR count). The number of hydrogen-bond donors (Lipinski definition) is 0. The lowest BCUT2D eigenvalue weighted by atomic mass is 9.82. The molecule has 5 heteroatoms. The minimum atomic E-state index is -0.435. The van der Waals surface area contributed by atoms with Crippen LogP contribution in [0.25, 0.3) is 5.76 Å². The summed E-state index contributed by atoms with van der Waals surface area (Å²) in [5.74, 6) is 0.136. The second-order valence-electron chi connectivity index (χ2n) is 7.69. The van der Waals surface area contributed by atoms with E-state index in [0.717, 1.165) is 17.5 Å². The van der Waals surface area contributed by atoms with Gasteiger partial charge in [0.25, 0.3) is 0 Å². The first kappa shape index (κ1) is 19.1. The quantitative estimate of drug-likeness (QED) is 0.716. The molecule has 0 saturated heterocycles. The maximum Gasteiger partial charge on any atom is 0.338 e. The lowest BCUT2D eigenvalue weighted by Crippen LogP contribution is -2.34. The zero-order valence-electron chi connectivity index (χ0n) is 16.5. The minimum Gasteiger partial charge on any atom is -0.487 e. The number of benzene rings is 2. The molecule has 147 valence electrons. The summed E-state index contributed by atoms with van der Waals surface area (Å²) in [6, 6.07) is 14.3. The van der Waals surface area contributed by atoms with Gasteiger partial charge in [-0.05, 0) is 57.9 Å². The number of aliphatic imine (C=N–C) groups is 1. The lowest BCUT2D eigenvalue weighted by molar-refractivity contribution is -0.110. The zero-order chi connectivity index (χ0) is 20.6. The number of esters is 1. The van der Waals surface area contributed by atoms with Gasteiger partial charge in [0, 0.05) is 16.7 Å². The molecule has 1 aliphatic carbocycles. The summed E-state index contributed by atoms with van der Waals surface area (Å²) >= 11 is 0. The first-order valence-corrected chi connectivity index (χ1v) is 9.61. The SMILES string of the molecule is [CH2]COC(=O)c1ccc(N=C2C(=O)C3=C(OC(C)(C)CC3)c3ccccc32)cc1. The van der Waals surface area contributed by atoms with Crippen molar-refractivity contribution in [2.24, 2.45) is 4.99 Å². The average Bonchev–Trinajstić information content (AvgIpc) is 2.71. The molecule has 1 aliphatic heterocycles. The van der Waals surface area contributed by atoms with Crippen molar-refractivity contribution >= 4 is 28.9 Å². The highest BCUT2D eigenvalue weighted by molar-refractivity contribution is 6.54. The van der Waals surface area contributed by atoms with Crippen LogP contribution < -0.4 is 0 Å². The number of carbonyl (C=O) groups is 2. The molecule has 0 spiro atoms. The largest absolute Gasteiger partial charge is 0.487 e. The molecular weight excluding hydrogens is 366 g/mol. The third-order valence-corrected chi connectivity index (χ3v) is 5.12. The molecule has 0 aromatic heterocycles. The molecule has 2 aromatic rings. The van der Waals surface area contributed by atoms with E-state index in [1.807, 2.05) is 38.1 Å². The number of hydrogen-bond acceptors (Lipinski definition) is 5. The summed E-state index contributed by atoms with van der Waals surface area (Å²) in [7, 11) is 0. The van der Waals surface area contributed by atoms with Gasteiger partial charge in [0.05, 0.1) is 17.9 Å². The predicted octanol–water partition coefficient (Wildman–Crippen LogP) is 4.68. The Balaban J connectivity index is 1.75. The minimum absolute atomic E-state index is 0.0739. The van der Waals surface area contributed by atoms with Crippen LogP contribution in [0.5, 0.6) is 0 Å². The first-order chi connectivity index (χ1) is 13.9. The molecule has 1 radical (unpaired) electrons. The third kappa shape index (κ3) is 3.60. The Morgan fingerprint density at radius 2 is 1.83 bits per heavy atom. The van der Waals surface area contributed by atoms with Gasteiger partial charge in [0.2, 0.25) is 5.78 Å². The number of carbonyl (C=O) groups excluding carboxylic acids is 2. The number of rotatable bonds is 3. The Labute approximate surface area is 170 Å². The fourth-order valence-corrected chi connectivity index (χ4v) is 3.60. The van der Waals surface area contributed by atoms with Crippen molar-refractivity contribution in [2.75, 3.05) is 6.61 Å².